The molecule has 0 aromatic rings. The lowest BCUT2D eigenvalue weighted by molar-refractivity contribution is -0.143. The Kier molecular flexibility index (Phi) is 5.41. The Hall–Kier alpha value is -1.79. The van der Waals surface area contributed by atoms with Gasteiger partial charge in [0, 0.05) is 13.1 Å². The molecular formula is C11H18N2O5. The standard InChI is InChI=1S/C11H18N2O5/c1-2-18-9(14)5-6-12-11(17)13-7-3-4-8(13)10(15)16/h8H,2-7H2,1H3,(H,12,17)(H,15,16)/t8-/m0/s1. The number of hydrogen-bond acceptors (Lipinski definition) is 4. The molecule has 0 saturated carbocycles. The number of carboxylic acids is 1. The molecule has 0 radical (unpaired) electrons. The van der Waals surface area contributed by atoms with Gasteiger partial charge in [-0.15, -0.1) is 0 Å². The topological polar surface area (TPSA) is 95.9 Å². The molecule has 0 unspecified atom stereocenters. The average Bonchev–Trinajstić information content (AvgIpc) is 2.78. The number of ether oxygens (including phenoxy) is 1. The monoisotopic (exact) mass is 258 g/mol. The number of nitrogens with one attached hydrogen (secondary N) is 1. The summed E-state index contributed by atoms with van der Waals surface area (Å²) in [4.78, 5) is 34.9. The summed E-state index contributed by atoms with van der Waals surface area (Å²) < 4.78 is 4.71. The summed E-state index contributed by atoms with van der Waals surface area (Å²) in [6.45, 7) is 2.60. The van der Waals surface area contributed by atoms with Crippen molar-refractivity contribution in [2.24, 2.45) is 0 Å². The van der Waals surface area contributed by atoms with E-state index in [0.29, 0.717) is 26.0 Å². The summed E-state index contributed by atoms with van der Waals surface area (Å²) in [5.74, 6) is -1.37. The van der Waals surface area contributed by atoms with Crippen LogP contribution < -0.4 is 5.32 Å². The Balaban J connectivity index is 2.32. The maximum atomic E-state index is 11.7. The second kappa shape index (κ2) is 6.83. The van der Waals surface area contributed by atoms with E-state index in [1.807, 2.05) is 0 Å². The number of amides is 2. The minimum Gasteiger partial charge on any atom is -0.480 e. The van der Waals surface area contributed by atoms with Gasteiger partial charge in [0.05, 0.1) is 13.0 Å². The Morgan fingerprint density at radius 3 is 2.78 bits per heavy atom. The van der Waals surface area contributed by atoms with Crippen LogP contribution >= 0.6 is 0 Å². The minimum absolute atomic E-state index is 0.0885. The molecule has 2 amide bonds. The lowest BCUT2D eigenvalue weighted by atomic mass is 10.2. The normalized spacial score (nSPS) is 18.5. The summed E-state index contributed by atoms with van der Waals surface area (Å²) in [5, 5.41) is 11.4. The number of esters is 1. The highest BCUT2D eigenvalue weighted by molar-refractivity contribution is 5.83. The fourth-order valence-corrected chi connectivity index (χ4v) is 1.87. The smallest absolute Gasteiger partial charge is 0.326 e. The van der Waals surface area contributed by atoms with Crippen LogP contribution in [0.4, 0.5) is 4.79 Å². The molecule has 1 saturated heterocycles. The lowest BCUT2D eigenvalue weighted by Crippen LogP contribution is -2.46. The van der Waals surface area contributed by atoms with Crippen molar-refractivity contribution in [3.8, 4) is 0 Å². The van der Waals surface area contributed by atoms with E-state index in [2.05, 4.69) is 5.32 Å². The SMILES string of the molecule is CCOC(=O)CCNC(=O)N1CCC[C@H]1C(=O)O. The largest absolute Gasteiger partial charge is 0.480 e. The number of carbonyl (C=O) groups excluding carboxylic acids is 2. The fraction of sp³-hybridized carbons (Fsp3) is 0.727. The van der Waals surface area contributed by atoms with Gasteiger partial charge in [-0.25, -0.2) is 9.59 Å². The predicted octanol–water partition coefficient (Wildman–Crippen LogP) is 0.198. The van der Waals surface area contributed by atoms with Crippen LogP contribution in [-0.4, -0.2) is 53.7 Å². The first kappa shape index (κ1) is 14.3. The van der Waals surface area contributed by atoms with Gasteiger partial charge in [-0.05, 0) is 19.8 Å². The van der Waals surface area contributed by atoms with E-state index < -0.39 is 18.0 Å². The molecule has 7 heteroatoms. The number of carboxylic acid groups (broad SMARTS) is 1. The quantitative estimate of drug-likeness (QED) is 0.687. The molecule has 0 bridgehead atoms. The average molecular weight is 258 g/mol. The maximum absolute atomic E-state index is 11.7. The second-order valence-corrected chi connectivity index (χ2v) is 3.98. The highest BCUT2D eigenvalue weighted by atomic mass is 16.5. The van der Waals surface area contributed by atoms with Crippen molar-refractivity contribution >= 4 is 18.0 Å². The lowest BCUT2D eigenvalue weighted by Gasteiger charge is -2.21. The number of aliphatic carboxylic acids is 1. The van der Waals surface area contributed by atoms with Crippen molar-refractivity contribution in [1.29, 1.82) is 0 Å². The van der Waals surface area contributed by atoms with E-state index in [4.69, 9.17) is 9.84 Å². The summed E-state index contributed by atoms with van der Waals surface area (Å²) >= 11 is 0. The van der Waals surface area contributed by atoms with Crippen molar-refractivity contribution in [2.45, 2.75) is 32.2 Å². The van der Waals surface area contributed by atoms with Gasteiger partial charge in [0.15, 0.2) is 0 Å². The second-order valence-electron chi connectivity index (χ2n) is 3.98. The fourth-order valence-electron chi connectivity index (χ4n) is 1.87. The van der Waals surface area contributed by atoms with Gasteiger partial charge in [0.25, 0.3) is 0 Å². The van der Waals surface area contributed by atoms with E-state index in [-0.39, 0.29) is 18.9 Å². The molecule has 18 heavy (non-hydrogen) atoms. The predicted molar refractivity (Wildman–Crippen MR) is 62.0 cm³/mol. The van der Waals surface area contributed by atoms with Crippen LogP contribution in [0, 0.1) is 0 Å². The summed E-state index contributed by atoms with van der Waals surface area (Å²) in [7, 11) is 0. The third-order valence-corrected chi connectivity index (χ3v) is 2.71. The summed E-state index contributed by atoms with van der Waals surface area (Å²) in [6, 6.07) is -1.20. The van der Waals surface area contributed by atoms with Gasteiger partial charge in [0.1, 0.15) is 6.04 Å². The van der Waals surface area contributed by atoms with Crippen LogP contribution in [-0.2, 0) is 14.3 Å². The van der Waals surface area contributed by atoms with E-state index >= 15 is 0 Å². The Morgan fingerprint density at radius 1 is 1.44 bits per heavy atom. The van der Waals surface area contributed by atoms with Crippen LogP contribution in [0.3, 0.4) is 0 Å². The number of nitrogens with zero attached hydrogens (tertiary/aromatic N) is 1. The van der Waals surface area contributed by atoms with E-state index in [0.717, 1.165) is 0 Å². The molecule has 102 valence electrons. The Bertz CT molecular complexity index is 331. The molecule has 0 aromatic heterocycles. The van der Waals surface area contributed by atoms with Crippen molar-refractivity contribution in [1.82, 2.24) is 10.2 Å². The first-order chi connectivity index (χ1) is 8.56. The van der Waals surface area contributed by atoms with Gasteiger partial charge >= 0.3 is 18.0 Å². The molecule has 1 heterocycles. The summed E-state index contributed by atoms with van der Waals surface area (Å²) in [5.41, 5.74) is 0. The zero-order chi connectivity index (χ0) is 13.5. The third-order valence-electron chi connectivity index (χ3n) is 2.71. The van der Waals surface area contributed by atoms with Crippen molar-refractivity contribution < 1.29 is 24.2 Å². The van der Waals surface area contributed by atoms with Gasteiger partial charge < -0.3 is 20.1 Å². The van der Waals surface area contributed by atoms with Crippen molar-refractivity contribution in [3.05, 3.63) is 0 Å². The number of carbonyl (C=O) groups is 3. The number of rotatable bonds is 5. The molecule has 1 fully saturated rings. The van der Waals surface area contributed by atoms with E-state index in [1.54, 1.807) is 6.92 Å². The zero-order valence-corrected chi connectivity index (χ0v) is 10.3. The van der Waals surface area contributed by atoms with Gasteiger partial charge in [-0.3, -0.25) is 4.79 Å². The number of hydrogen-bond donors (Lipinski definition) is 2. The highest BCUT2D eigenvalue weighted by Crippen LogP contribution is 2.17. The van der Waals surface area contributed by atoms with E-state index in [9.17, 15) is 14.4 Å². The molecule has 1 rings (SSSR count). The van der Waals surface area contributed by atoms with Gasteiger partial charge in [-0.1, -0.05) is 0 Å². The minimum atomic E-state index is -0.993. The van der Waals surface area contributed by atoms with Crippen LogP contribution in [0.15, 0.2) is 0 Å². The first-order valence-electron chi connectivity index (χ1n) is 5.99. The highest BCUT2D eigenvalue weighted by Gasteiger charge is 2.33. The van der Waals surface area contributed by atoms with Crippen molar-refractivity contribution in [3.63, 3.8) is 0 Å². The first-order valence-corrected chi connectivity index (χ1v) is 5.99. The molecule has 1 aliphatic rings. The molecule has 0 aliphatic carbocycles. The van der Waals surface area contributed by atoms with Crippen LogP contribution in [0.25, 0.3) is 0 Å². The molecule has 1 aliphatic heterocycles. The van der Waals surface area contributed by atoms with Gasteiger partial charge in [-0.2, -0.15) is 0 Å². The van der Waals surface area contributed by atoms with E-state index in [1.165, 1.54) is 4.90 Å². The van der Waals surface area contributed by atoms with Crippen LogP contribution in [0.5, 0.6) is 0 Å². The van der Waals surface area contributed by atoms with Crippen molar-refractivity contribution in [2.75, 3.05) is 19.7 Å². The Morgan fingerprint density at radius 2 is 2.17 bits per heavy atom. The number of urea groups is 1. The van der Waals surface area contributed by atoms with Gasteiger partial charge in [0.2, 0.25) is 0 Å². The van der Waals surface area contributed by atoms with Crippen LogP contribution in [0.2, 0.25) is 0 Å². The molecule has 0 aromatic carbocycles. The molecule has 1 atom stereocenters. The van der Waals surface area contributed by atoms with Crippen LogP contribution in [0.1, 0.15) is 26.2 Å². The molecular weight excluding hydrogens is 240 g/mol. The molecule has 0 spiro atoms. The molecule has 7 nitrogen and oxygen atoms in total. The Labute approximate surface area is 105 Å². The molecule has 2 N–H and O–H groups in total. The third kappa shape index (κ3) is 3.90. The summed E-state index contributed by atoms with van der Waals surface area (Å²) in [6.07, 6.45) is 1.24. The zero-order valence-electron chi connectivity index (χ0n) is 10.3. The maximum Gasteiger partial charge on any atom is 0.326 e. The number of likely N-dealkylation sites (tertiary alicyclic amines) is 1.